The molecule has 0 atom stereocenters. The summed E-state index contributed by atoms with van der Waals surface area (Å²) in [7, 11) is 0. The van der Waals surface area contributed by atoms with Gasteiger partial charge in [-0.2, -0.15) is 0 Å². The van der Waals surface area contributed by atoms with E-state index < -0.39 is 5.91 Å². The lowest BCUT2D eigenvalue weighted by molar-refractivity contribution is 0.0963. The van der Waals surface area contributed by atoms with Crippen molar-refractivity contribution in [3.8, 4) is 0 Å². The van der Waals surface area contributed by atoms with Crippen LogP contribution in [0, 0.1) is 0 Å². The monoisotopic (exact) mass is 379 g/mol. The molecule has 0 spiro atoms. The number of carbonyl (C=O) groups is 1. The molecule has 146 valence electrons. The largest absolute Gasteiger partial charge is 0.403 e. The van der Waals surface area contributed by atoms with E-state index in [0.717, 1.165) is 31.5 Å². The standard InChI is InChI=1S/C20H25N7O/c21-11-17(27-20(28)18-19(22)26-9-8-25-18)13-24-12-14-2-1-3-16(10-14)15-4-6-23-7-5-15/h1-3,8-11,13,15,23H,4-7,12,21H2,(H2,22,26)(H,27,28)/b17-11+,24-13?. The normalized spacial score (nSPS) is 15.6. The summed E-state index contributed by atoms with van der Waals surface area (Å²) < 4.78 is 0. The lowest BCUT2D eigenvalue weighted by Gasteiger charge is -2.23. The van der Waals surface area contributed by atoms with E-state index >= 15 is 0 Å². The molecule has 1 aliphatic rings. The summed E-state index contributed by atoms with van der Waals surface area (Å²) in [6, 6.07) is 8.51. The summed E-state index contributed by atoms with van der Waals surface area (Å²) in [6.07, 6.45) is 7.95. The van der Waals surface area contributed by atoms with Crippen molar-refractivity contribution in [2.45, 2.75) is 25.3 Å². The maximum atomic E-state index is 12.2. The van der Waals surface area contributed by atoms with Gasteiger partial charge in [-0.05, 0) is 43.0 Å². The lowest BCUT2D eigenvalue weighted by Crippen LogP contribution is -2.26. The van der Waals surface area contributed by atoms with Gasteiger partial charge in [0.1, 0.15) is 0 Å². The Hall–Kier alpha value is -3.26. The van der Waals surface area contributed by atoms with Crippen molar-refractivity contribution >= 4 is 17.9 Å². The van der Waals surface area contributed by atoms with Crippen LogP contribution in [-0.4, -0.2) is 35.2 Å². The van der Waals surface area contributed by atoms with Gasteiger partial charge in [0, 0.05) is 24.8 Å². The average molecular weight is 379 g/mol. The number of carbonyl (C=O) groups excluding carboxylic acids is 1. The zero-order valence-electron chi connectivity index (χ0n) is 15.6. The first-order valence-corrected chi connectivity index (χ1v) is 9.26. The molecule has 6 N–H and O–H groups in total. The molecule has 0 saturated carbocycles. The van der Waals surface area contributed by atoms with Gasteiger partial charge >= 0.3 is 0 Å². The van der Waals surface area contributed by atoms with Gasteiger partial charge in [0.25, 0.3) is 5.91 Å². The van der Waals surface area contributed by atoms with Crippen LogP contribution >= 0.6 is 0 Å². The zero-order chi connectivity index (χ0) is 19.8. The quantitative estimate of drug-likeness (QED) is 0.560. The SMILES string of the molecule is N/C=C(\C=NCc1cccc(C2CCNCC2)c1)NC(=O)c1nccnc1N. The second-order valence-electron chi connectivity index (χ2n) is 6.61. The molecule has 28 heavy (non-hydrogen) atoms. The minimum atomic E-state index is -0.485. The van der Waals surface area contributed by atoms with Crippen molar-refractivity contribution in [3.05, 3.63) is 65.4 Å². The first-order chi connectivity index (χ1) is 13.7. The van der Waals surface area contributed by atoms with Gasteiger partial charge in [-0.1, -0.05) is 24.3 Å². The van der Waals surface area contributed by atoms with Crippen molar-refractivity contribution in [3.63, 3.8) is 0 Å². The van der Waals surface area contributed by atoms with Crippen LogP contribution in [0.2, 0.25) is 0 Å². The number of allylic oxidation sites excluding steroid dienone is 1. The number of aromatic nitrogens is 2. The van der Waals surface area contributed by atoms with Gasteiger partial charge in [0.15, 0.2) is 11.5 Å². The van der Waals surface area contributed by atoms with Crippen molar-refractivity contribution in [2.24, 2.45) is 10.7 Å². The Kier molecular flexibility index (Phi) is 6.69. The Labute approximate surface area is 164 Å². The number of anilines is 1. The summed E-state index contributed by atoms with van der Waals surface area (Å²) in [5, 5.41) is 6.02. The predicted molar refractivity (Wildman–Crippen MR) is 110 cm³/mol. The average Bonchev–Trinajstić information content (AvgIpc) is 2.74. The molecule has 0 aliphatic carbocycles. The topological polar surface area (TPSA) is 131 Å². The molecule has 1 saturated heterocycles. The summed E-state index contributed by atoms with van der Waals surface area (Å²) in [5.74, 6) is 0.172. The molecule has 2 aromatic rings. The van der Waals surface area contributed by atoms with E-state index in [-0.39, 0.29) is 11.5 Å². The Morgan fingerprint density at radius 3 is 2.82 bits per heavy atom. The summed E-state index contributed by atoms with van der Waals surface area (Å²) in [4.78, 5) is 24.4. The molecule has 0 bridgehead atoms. The molecule has 1 aliphatic heterocycles. The molecule has 2 heterocycles. The highest BCUT2D eigenvalue weighted by Gasteiger charge is 2.15. The third-order valence-corrected chi connectivity index (χ3v) is 4.64. The van der Waals surface area contributed by atoms with Crippen LogP contribution in [0.5, 0.6) is 0 Å². The smallest absolute Gasteiger partial charge is 0.278 e. The van der Waals surface area contributed by atoms with Crippen LogP contribution < -0.4 is 22.1 Å². The van der Waals surface area contributed by atoms with E-state index in [1.54, 1.807) is 0 Å². The number of benzene rings is 1. The van der Waals surface area contributed by atoms with Crippen molar-refractivity contribution in [2.75, 3.05) is 18.8 Å². The van der Waals surface area contributed by atoms with E-state index in [0.29, 0.717) is 18.2 Å². The Bertz CT molecular complexity index is 872. The fraction of sp³-hybridized carbons (Fsp3) is 0.300. The van der Waals surface area contributed by atoms with Gasteiger partial charge in [-0.15, -0.1) is 0 Å². The molecule has 0 unspecified atom stereocenters. The summed E-state index contributed by atoms with van der Waals surface area (Å²) >= 11 is 0. The fourth-order valence-corrected chi connectivity index (χ4v) is 3.18. The van der Waals surface area contributed by atoms with Gasteiger partial charge < -0.3 is 22.1 Å². The van der Waals surface area contributed by atoms with E-state index in [1.807, 2.05) is 6.07 Å². The predicted octanol–water partition coefficient (Wildman–Crippen LogP) is 1.33. The number of amides is 1. The van der Waals surface area contributed by atoms with E-state index in [9.17, 15) is 4.79 Å². The van der Waals surface area contributed by atoms with Gasteiger partial charge in [-0.3, -0.25) is 9.79 Å². The van der Waals surface area contributed by atoms with Gasteiger partial charge in [-0.25, -0.2) is 9.97 Å². The second-order valence-corrected chi connectivity index (χ2v) is 6.61. The molecule has 8 heteroatoms. The van der Waals surface area contributed by atoms with Gasteiger partial charge in [0.2, 0.25) is 0 Å². The van der Waals surface area contributed by atoms with Crippen LogP contribution in [0.3, 0.4) is 0 Å². The van der Waals surface area contributed by atoms with E-state index in [2.05, 4.69) is 43.8 Å². The van der Waals surface area contributed by atoms with Crippen LogP contribution in [0.4, 0.5) is 5.82 Å². The molecule has 8 nitrogen and oxygen atoms in total. The molecular formula is C20H25N7O. The highest BCUT2D eigenvalue weighted by Crippen LogP contribution is 2.25. The minimum absolute atomic E-state index is 0.0462. The number of nitrogens with zero attached hydrogens (tertiary/aromatic N) is 3. The molecule has 0 radical (unpaired) electrons. The van der Waals surface area contributed by atoms with Crippen LogP contribution in [0.1, 0.15) is 40.4 Å². The van der Waals surface area contributed by atoms with Crippen LogP contribution in [-0.2, 0) is 6.54 Å². The minimum Gasteiger partial charge on any atom is -0.403 e. The zero-order valence-corrected chi connectivity index (χ0v) is 15.6. The highest BCUT2D eigenvalue weighted by atomic mass is 16.1. The molecule has 1 aromatic carbocycles. The number of nitrogens with two attached hydrogens (primary N) is 2. The Morgan fingerprint density at radius 1 is 1.29 bits per heavy atom. The number of nitrogen functional groups attached to an aromatic ring is 1. The van der Waals surface area contributed by atoms with Crippen molar-refractivity contribution in [1.29, 1.82) is 0 Å². The Balaban J connectivity index is 1.60. The van der Waals surface area contributed by atoms with Crippen molar-refractivity contribution < 1.29 is 4.79 Å². The molecule has 3 rings (SSSR count). The molecule has 1 fully saturated rings. The summed E-state index contributed by atoms with van der Waals surface area (Å²) in [5.41, 5.74) is 14.2. The van der Waals surface area contributed by atoms with E-state index in [4.69, 9.17) is 11.5 Å². The van der Waals surface area contributed by atoms with Crippen molar-refractivity contribution in [1.82, 2.24) is 20.6 Å². The van der Waals surface area contributed by atoms with Gasteiger partial charge in [0.05, 0.1) is 12.2 Å². The lowest BCUT2D eigenvalue weighted by atomic mass is 9.89. The maximum absolute atomic E-state index is 12.2. The third-order valence-electron chi connectivity index (χ3n) is 4.64. The number of rotatable bonds is 6. The second kappa shape index (κ2) is 9.61. The Morgan fingerprint density at radius 2 is 2.07 bits per heavy atom. The van der Waals surface area contributed by atoms with Crippen LogP contribution in [0.15, 0.2) is 53.5 Å². The number of hydrogen-bond acceptors (Lipinski definition) is 7. The molecule has 1 amide bonds. The summed E-state index contributed by atoms with van der Waals surface area (Å²) in [6.45, 7) is 2.63. The first-order valence-electron chi connectivity index (χ1n) is 9.26. The first kappa shape index (κ1) is 19.5. The molecular weight excluding hydrogens is 354 g/mol. The number of aliphatic imine (C=N–C) groups is 1. The number of nitrogens with one attached hydrogen (secondary N) is 2. The van der Waals surface area contributed by atoms with E-state index in [1.165, 1.54) is 30.4 Å². The van der Waals surface area contributed by atoms with Crippen LogP contribution in [0.25, 0.3) is 0 Å². The highest BCUT2D eigenvalue weighted by molar-refractivity contribution is 6.00. The third kappa shape index (κ3) is 5.14. The number of piperidine rings is 1. The maximum Gasteiger partial charge on any atom is 0.278 e. The fourth-order valence-electron chi connectivity index (χ4n) is 3.18. The molecule has 1 aromatic heterocycles. The number of hydrogen-bond donors (Lipinski definition) is 4.